The van der Waals surface area contributed by atoms with Crippen molar-refractivity contribution in [1.82, 2.24) is 0 Å². The van der Waals surface area contributed by atoms with E-state index in [1.165, 1.54) is 11.1 Å². The minimum Gasteiger partial charge on any atom is -0.478 e. The van der Waals surface area contributed by atoms with E-state index in [1.807, 2.05) is 6.08 Å². The first kappa shape index (κ1) is 8.51. The van der Waals surface area contributed by atoms with Crippen LogP contribution in [0.5, 0.6) is 0 Å². The highest BCUT2D eigenvalue weighted by molar-refractivity contribution is 5.87. The molecule has 0 radical (unpaired) electrons. The average Bonchev–Trinajstić information content (AvgIpc) is 2.47. The molecule has 0 aromatic carbocycles. The lowest BCUT2D eigenvalue weighted by molar-refractivity contribution is -0.132. The van der Waals surface area contributed by atoms with Crippen molar-refractivity contribution in [3.8, 4) is 0 Å². The molecule has 1 atom stereocenters. The Hall–Kier alpha value is -1.09. The highest BCUT2D eigenvalue weighted by Crippen LogP contribution is 2.35. The summed E-state index contributed by atoms with van der Waals surface area (Å²) in [5.74, 6) is -0.785. The Morgan fingerprint density at radius 3 is 2.92 bits per heavy atom. The number of hydrogen-bond acceptors (Lipinski definition) is 2. The third-order valence-corrected chi connectivity index (χ3v) is 2.87. The minimum atomic E-state index is -0.785. The Labute approximate surface area is 76.9 Å². The summed E-state index contributed by atoms with van der Waals surface area (Å²) in [6, 6.07) is 0.182. The molecule has 70 valence electrons. The van der Waals surface area contributed by atoms with Gasteiger partial charge in [0.15, 0.2) is 0 Å². The second-order valence-corrected chi connectivity index (χ2v) is 3.67. The van der Waals surface area contributed by atoms with Crippen LogP contribution in [0.25, 0.3) is 0 Å². The van der Waals surface area contributed by atoms with Crippen LogP contribution in [0.2, 0.25) is 0 Å². The summed E-state index contributed by atoms with van der Waals surface area (Å²) >= 11 is 0. The van der Waals surface area contributed by atoms with Crippen molar-refractivity contribution in [2.45, 2.75) is 31.7 Å². The number of carboxylic acid groups (broad SMARTS) is 1. The van der Waals surface area contributed by atoms with Crippen LogP contribution in [-0.4, -0.2) is 17.1 Å². The molecular formula is C10H13NO2. The van der Waals surface area contributed by atoms with Gasteiger partial charge in [-0.05, 0) is 42.9 Å². The van der Waals surface area contributed by atoms with Gasteiger partial charge >= 0.3 is 5.97 Å². The van der Waals surface area contributed by atoms with E-state index in [4.69, 9.17) is 10.8 Å². The van der Waals surface area contributed by atoms with Gasteiger partial charge in [-0.1, -0.05) is 0 Å². The van der Waals surface area contributed by atoms with Crippen LogP contribution in [0.3, 0.4) is 0 Å². The van der Waals surface area contributed by atoms with Gasteiger partial charge < -0.3 is 10.8 Å². The Balaban J connectivity index is 2.29. The first-order valence-electron chi connectivity index (χ1n) is 4.60. The zero-order valence-corrected chi connectivity index (χ0v) is 7.42. The van der Waals surface area contributed by atoms with E-state index >= 15 is 0 Å². The maximum Gasteiger partial charge on any atom is 0.331 e. The Kier molecular flexibility index (Phi) is 1.96. The molecule has 13 heavy (non-hydrogen) atoms. The monoisotopic (exact) mass is 179 g/mol. The number of hydrogen-bond donors (Lipinski definition) is 2. The average molecular weight is 179 g/mol. The fraction of sp³-hybridized carbons (Fsp3) is 0.500. The number of rotatable bonds is 1. The van der Waals surface area contributed by atoms with Crippen LogP contribution in [0.1, 0.15) is 25.7 Å². The molecule has 0 saturated carbocycles. The Morgan fingerprint density at radius 2 is 2.23 bits per heavy atom. The molecule has 0 fully saturated rings. The van der Waals surface area contributed by atoms with Crippen molar-refractivity contribution in [2.24, 2.45) is 5.73 Å². The van der Waals surface area contributed by atoms with E-state index in [-0.39, 0.29) is 6.04 Å². The molecule has 3 nitrogen and oxygen atoms in total. The van der Waals surface area contributed by atoms with Gasteiger partial charge in [0.05, 0.1) is 0 Å². The molecular weight excluding hydrogens is 166 g/mol. The largest absolute Gasteiger partial charge is 0.478 e. The molecule has 0 heterocycles. The van der Waals surface area contributed by atoms with Gasteiger partial charge in [-0.15, -0.1) is 0 Å². The van der Waals surface area contributed by atoms with E-state index in [9.17, 15) is 4.79 Å². The number of nitrogens with two attached hydrogens (primary N) is 1. The second kappa shape index (κ2) is 3.00. The maximum absolute atomic E-state index is 10.7. The molecule has 2 aliphatic rings. The lowest BCUT2D eigenvalue weighted by atomic mass is 9.93. The van der Waals surface area contributed by atoms with Gasteiger partial charge in [-0.25, -0.2) is 4.79 Å². The number of allylic oxidation sites excluding steroid dienone is 2. The highest BCUT2D eigenvalue weighted by atomic mass is 16.4. The Morgan fingerprint density at radius 1 is 1.46 bits per heavy atom. The topological polar surface area (TPSA) is 63.3 Å². The summed E-state index contributed by atoms with van der Waals surface area (Å²) in [6.45, 7) is 0. The third kappa shape index (κ3) is 1.40. The molecule has 0 saturated heterocycles. The van der Waals surface area contributed by atoms with Crippen LogP contribution >= 0.6 is 0 Å². The van der Waals surface area contributed by atoms with Crippen molar-refractivity contribution in [1.29, 1.82) is 0 Å². The zero-order valence-electron chi connectivity index (χ0n) is 7.42. The Bertz CT molecular complexity index is 315. The second-order valence-electron chi connectivity index (χ2n) is 3.67. The van der Waals surface area contributed by atoms with E-state index in [2.05, 4.69) is 0 Å². The number of aliphatic carboxylic acids is 1. The lowest BCUT2D eigenvalue weighted by Gasteiger charge is -2.15. The normalized spacial score (nSPS) is 27.2. The molecule has 0 aromatic rings. The fourth-order valence-electron chi connectivity index (χ4n) is 2.12. The number of carboxylic acids is 1. The van der Waals surface area contributed by atoms with Gasteiger partial charge in [0.25, 0.3) is 0 Å². The summed E-state index contributed by atoms with van der Waals surface area (Å²) in [6.07, 6.45) is 5.23. The molecule has 0 aromatic heterocycles. The van der Waals surface area contributed by atoms with Crippen LogP contribution in [0.4, 0.5) is 0 Å². The van der Waals surface area contributed by atoms with Crippen molar-refractivity contribution in [2.75, 3.05) is 0 Å². The maximum atomic E-state index is 10.7. The lowest BCUT2D eigenvalue weighted by Crippen LogP contribution is -2.20. The van der Waals surface area contributed by atoms with E-state index in [1.54, 1.807) is 0 Å². The molecule has 0 aliphatic heterocycles. The van der Waals surface area contributed by atoms with Crippen molar-refractivity contribution in [3.05, 3.63) is 22.8 Å². The zero-order chi connectivity index (χ0) is 9.42. The highest BCUT2D eigenvalue weighted by Gasteiger charge is 2.25. The molecule has 3 N–H and O–H groups in total. The van der Waals surface area contributed by atoms with Crippen molar-refractivity contribution in [3.63, 3.8) is 0 Å². The van der Waals surface area contributed by atoms with E-state index < -0.39 is 5.97 Å². The van der Waals surface area contributed by atoms with E-state index in [0.717, 1.165) is 19.3 Å². The molecule has 0 spiro atoms. The third-order valence-electron chi connectivity index (χ3n) is 2.87. The summed E-state index contributed by atoms with van der Waals surface area (Å²) in [7, 11) is 0. The quantitative estimate of drug-likeness (QED) is 0.636. The minimum absolute atomic E-state index is 0.182. The smallest absolute Gasteiger partial charge is 0.331 e. The van der Waals surface area contributed by atoms with Crippen LogP contribution < -0.4 is 5.73 Å². The van der Waals surface area contributed by atoms with Gasteiger partial charge in [0, 0.05) is 11.6 Å². The fourth-order valence-corrected chi connectivity index (χ4v) is 2.12. The van der Waals surface area contributed by atoms with Crippen LogP contribution in [0.15, 0.2) is 22.8 Å². The molecule has 1 unspecified atom stereocenters. The van der Waals surface area contributed by atoms with Gasteiger partial charge in [-0.2, -0.15) is 0 Å². The van der Waals surface area contributed by atoms with Gasteiger partial charge in [0.1, 0.15) is 0 Å². The van der Waals surface area contributed by atoms with E-state index in [0.29, 0.717) is 12.0 Å². The summed E-state index contributed by atoms with van der Waals surface area (Å²) in [5, 5.41) is 8.80. The van der Waals surface area contributed by atoms with Crippen LogP contribution in [-0.2, 0) is 4.79 Å². The molecule has 3 heteroatoms. The first-order chi connectivity index (χ1) is 6.18. The molecule has 2 rings (SSSR count). The summed E-state index contributed by atoms with van der Waals surface area (Å²) in [5.41, 5.74) is 8.87. The predicted molar refractivity (Wildman–Crippen MR) is 49.2 cm³/mol. The van der Waals surface area contributed by atoms with Crippen molar-refractivity contribution >= 4 is 5.97 Å². The van der Waals surface area contributed by atoms with Gasteiger partial charge in [0.2, 0.25) is 0 Å². The predicted octanol–water partition coefficient (Wildman–Crippen LogP) is 1.21. The standard InChI is InChI=1S/C10H13NO2/c11-9-4-2-6-5-7(10(12)13)1-3-8(6)9/h5,9H,1-4,11H2,(H,12,13). The number of carbonyl (C=O) groups is 1. The molecule has 0 amide bonds. The molecule has 2 aliphatic carbocycles. The SMILES string of the molecule is NC1CCC2=C1CCC(C(=O)O)=C2. The first-order valence-corrected chi connectivity index (χ1v) is 4.60. The van der Waals surface area contributed by atoms with Gasteiger partial charge in [-0.3, -0.25) is 0 Å². The van der Waals surface area contributed by atoms with Crippen LogP contribution in [0, 0.1) is 0 Å². The summed E-state index contributed by atoms with van der Waals surface area (Å²) in [4.78, 5) is 10.7. The van der Waals surface area contributed by atoms with Crippen molar-refractivity contribution < 1.29 is 9.90 Å². The summed E-state index contributed by atoms with van der Waals surface area (Å²) < 4.78 is 0. The molecule has 0 bridgehead atoms.